The van der Waals surface area contributed by atoms with Gasteiger partial charge >= 0.3 is 5.97 Å². The van der Waals surface area contributed by atoms with Crippen LogP contribution >= 0.6 is 0 Å². The number of esters is 1. The van der Waals surface area contributed by atoms with Crippen molar-refractivity contribution in [3.8, 4) is 0 Å². The Labute approximate surface area is 107 Å². The number of nitrogens with one attached hydrogen (secondary N) is 1. The van der Waals surface area contributed by atoms with Gasteiger partial charge in [-0.15, -0.1) is 0 Å². The second-order valence-corrected chi connectivity index (χ2v) is 4.54. The van der Waals surface area contributed by atoms with Crippen molar-refractivity contribution >= 4 is 17.7 Å². The zero-order valence-corrected chi connectivity index (χ0v) is 11.1. The number of hydrogen-bond donors (Lipinski definition) is 1. The lowest BCUT2D eigenvalue weighted by molar-refractivity contribution is -0.146. The molecule has 1 saturated heterocycles. The lowest BCUT2D eigenvalue weighted by Crippen LogP contribution is -2.46. The Morgan fingerprint density at radius 3 is 2.67 bits per heavy atom. The second kappa shape index (κ2) is 6.49. The molecule has 0 saturated carbocycles. The third kappa shape index (κ3) is 3.80. The second-order valence-electron chi connectivity index (χ2n) is 4.54. The molecular weight excluding hydrogens is 236 g/mol. The molecule has 6 nitrogen and oxygen atoms in total. The smallest absolute Gasteiger partial charge is 0.323 e. The van der Waals surface area contributed by atoms with Crippen LogP contribution in [0.3, 0.4) is 0 Å². The lowest BCUT2D eigenvalue weighted by atomic mass is 10.1. The average molecular weight is 256 g/mol. The van der Waals surface area contributed by atoms with E-state index < -0.39 is 6.04 Å². The first-order valence-electron chi connectivity index (χ1n) is 6.07. The third-order valence-corrected chi connectivity index (χ3v) is 3.10. The van der Waals surface area contributed by atoms with Crippen molar-refractivity contribution in [3.05, 3.63) is 0 Å². The first-order valence-corrected chi connectivity index (χ1v) is 6.07. The molecule has 102 valence electrons. The van der Waals surface area contributed by atoms with E-state index in [0.29, 0.717) is 13.0 Å². The molecule has 0 aromatic carbocycles. The van der Waals surface area contributed by atoms with Crippen molar-refractivity contribution in [2.45, 2.75) is 38.8 Å². The maximum Gasteiger partial charge on any atom is 0.323 e. The summed E-state index contributed by atoms with van der Waals surface area (Å²) in [5, 5.41) is 2.54. The van der Waals surface area contributed by atoms with E-state index in [1.165, 1.54) is 14.0 Å². The lowest BCUT2D eigenvalue weighted by Gasteiger charge is -2.23. The number of nitrogens with zero attached hydrogens (tertiary/aromatic N) is 1. The molecule has 1 N–H and O–H groups in total. The Morgan fingerprint density at radius 1 is 1.44 bits per heavy atom. The fourth-order valence-corrected chi connectivity index (χ4v) is 2.14. The van der Waals surface area contributed by atoms with E-state index in [0.717, 1.165) is 6.42 Å². The monoisotopic (exact) mass is 256 g/mol. The third-order valence-electron chi connectivity index (χ3n) is 3.10. The Hall–Kier alpha value is -1.43. The highest BCUT2D eigenvalue weighted by atomic mass is 16.5. The quantitative estimate of drug-likeness (QED) is 0.685. The molecule has 0 spiro atoms. The van der Waals surface area contributed by atoms with Gasteiger partial charge in [-0.05, 0) is 26.3 Å². The number of likely N-dealkylation sites (tertiary alicyclic amines) is 1. The summed E-state index contributed by atoms with van der Waals surface area (Å²) in [6.45, 7) is 3.89. The normalized spacial score (nSPS) is 21.4. The minimum atomic E-state index is -0.526. The van der Waals surface area contributed by atoms with Crippen LogP contribution < -0.4 is 5.32 Å². The van der Waals surface area contributed by atoms with E-state index in [1.807, 2.05) is 4.90 Å². The SMILES string of the molecule is COC(=O)[C@@H]1CCCN1CC(=O)[C@H](C)NC(C)=O. The van der Waals surface area contributed by atoms with Gasteiger partial charge in [-0.25, -0.2) is 0 Å². The number of hydrogen-bond acceptors (Lipinski definition) is 5. The van der Waals surface area contributed by atoms with Crippen molar-refractivity contribution < 1.29 is 19.1 Å². The number of rotatable bonds is 5. The predicted molar refractivity (Wildman–Crippen MR) is 64.9 cm³/mol. The van der Waals surface area contributed by atoms with E-state index in [-0.39, 0.29) is 30.2 Å². The van der Waals surface area contributed by atoms with Crippen LogP contribution in [0.1, 0.15) is 26.7 Å². The number of Topliss-reactive ketones (excluding diaryl/α,β-unsaturated/α-hetero) is 1. The largest absolute Gasteiger partial charge is 0.468 e. The van der Waals surface area contributed by atoms with Crippen LogP contribution in [0.15, 0.2) is 0 Å². The zero-order chi connectivity index (χ0) is 13.7. The minimum Gasteiger partial charge on any atom is -0.468 e. The highest BCUT2D eigenvalue weighted by molar-refractivity contribution is 5.90. The number of carbonyl (C=O) groups is 3. The molecule has 2 atom stereocenters. The van der Waals surface area contributed by atoms with Gasteiger partial charge in [0.1, 0.15) is 6.04 Å². The number of ether oxygens (including phenoxy) is 1. The molecule has 0 aromatic heterocycles. The Balaban J connectivity index is 2.53. The van der Waals surface area contributed by atoms with E-state index in [9.17, 15) is 14.4 Å². The molecule has 0 bridgehead atoms. The average Bonchev–Trinajstić information content (AvgIpc) is 2.75. The fraction of sp³-hybridized carbons (Fsp3) is 0.750. The molecule has 1 aliphatic rings. The Morgan fingerprint density at radius 2 is 2.11 bits per heavy atom. The van der Waals surface area contributed by atoms with Gasteiger partial charge in [0.15, 0.2) is 5.78 Å². The van der Waals surface area contributed by atoms with E-state index in [1.54, 1.807) is 6.92 Å². The molecular formula is C12H20N2O4. The zero-order valence-electron chi connectivity index (χ0n) is 11.1. The molecule has 0 aromatic rings. The maximum atomic E-state index is 11.9. The van der Waals surface area contributed by atoms with Crippen molar-refractivity contribution in [1.82, 2.24) is 10.2 Å². The summed E-state index contributed by atoms with van der Waals surface area (Å²) in [4.78, 5) is 36.1. The van der Waals surface area contributed by atoms with Crippen LogP contribution in [0.4, 0.5) is 0 Å². The van der Waals surface area contributed by atoms with Crippen LogP contribution in [0.5, 0.6) is 0 Å². The van der Waals surface area contributed by atoms with E-state index in [4.69, 9.17) is 4.74 Å². The van der Waals surface area contributed by atoms with Crippen LogP contribution in [0.25, 0.3) is 0 Å². The van der Waals surface area contributed by atoms with Gasteiger partial charge < -0.3 is 10.1 Å². The molecule has 1 amide bonds. The molecule has 1 fully saturated rings. The molecule has 0 unspecified atom stereocenters. The van der Waals surface area contributed by atoms with E-state index in [2.05, 4.69) is 5.32 Å². The topological polar surface area (TPSA) is 75.7 Å². The Kier molecular flexibility index (Phi) is 5.27. The summed E-state index contributed by atoms with van der Waals surface area (Å²) in [6.07, 6.45) is 1.59. The Bertz CT molecular complexity index is 343. The minimum absolute atomic E-state index is 0.0963. The molecule has 18 heavy (non-hydrogen) atoms. The van der Waals surface area contributed by atoms with Gasteiger partial charge in [0.2, 0.25) is 5.91 Å². The molecule has 0 radical (unpaired) electrons. The summed E-state index contributed by atoms with van der Waals surface area (Å²) in [5.74, 6) is -0.629. The standard InChI is InChI=1S/C12H20N2O4/c1-8(13-9(2)15)11(16)7-14-6-4-5-10(14)12(17)18-3/h8,10H,4-7H2,1-3H3,(H,13,15)/t8-,10-/m0/s1. The maximum absolute atomic E-state index is 11.9. The summed E-state index contributed by atoms with van der Waals surface area (Å²) in [5.41, 5.74) is 0. The van der Waals surface area contributed by atoms with Crippen molar-refractivity contribution in [3.63, 3.8) is 0 Å². The van der Waals surface area contributed by atoms with Gasteiger partial charge in [-0.2, -0.15) is 0 Å². The molecule has 6 heteroatoms. The molecule has 1 aliphatic heterocycles. The van der Waals surface area contributed by atoms with Crippen LogP contribution in [0.2, 0.25) is 0 Å². The summed E-state index contributed by atoms with van der Waals surface area (Å²) < 4.78 is 4.71. The van der Waals surface area contributed by atoms with Crippen molar-refractivity contribution in [1.29, 1.82) is 0 Å². The van der Waals surface area contributed by atoms with Crippen molar-refractivity contribution in [2.24, 2.45) is 0 Å². The van der Waals surface area contributed by atoms with Gasteiger partial charge in [0.05, 0.1) is 19.7 Å². The van der Waals surface area contributed by atoms with Crippen molar-refractivity contribution in [2.75, 3.05) is 20.2 Å². The molecule has 0 aliphatic carbocycles. The van der Waals surface area contributed by atoms with Crippen LogP contribution in [0, 0.1) is 0 Å². The van der Waals surface area contributed by atoms with Gasteiger partial charge in [-0.1, -0.05) is 0 Å². The number of methoxy groups -OCH3 is 1. The summed E-state index contributed by atoms with van der Waals surface area (Å²) >= 11 is 0. The van der Waals surface area contributed by atoms with Gasteiger partial charge in [0.25, 0.3) is 0 Å². The van der Waals surface area contributed by atoms with Gasteiger partial charge in [0, 0.05) is 6.92 Å². The molecule has 1 rings (SSSR count). The fourth-order valence-electron chi connectivity index (χ4n) is 2.14. The first-order chi connectivity index (χ1) is 8.45. The van der Waals surface area contributed by atoms with E-state index >= 15 is 0 Å². The van der Waals surface area contributed by atoms with Gasteiger partial charge in [-0.3, -0.25) is 19.3 Å². The predicted octanol–water partition coefficient (Wildman–Crippen LogP) is -0.282. The molecule has 1 heterocycles. The highest BCUT2D eigenvalue weighted by Crippen LogP contribution is 2.18. The number of carbonyl (C=O) groups excluding carboxylic acids is 3. The number of ketones is 1. The highest BCUT2D eigenvalue weighted by Gasteiger charge is 2.33. The van der Waals surface area contributed by atoms with Crippen LogP contribution in [-0.2, 0) is 19.1 Å². The first kappa shape index (κ1) is 14.6. The summed E-state index contributed by atoms with van der Waals surface area (Å²) in [7, 11) is 1.35. The summed E-state index contributed by atoms with van der Waals surface area (Å²) in [6, 6.07) is -0.857. The van der Waals surface area contributed by atoms with Crippen LogP contribution in [-0.4, -0.2) is 54.8 Å². The number of amides is 1.